The van der Waals surface area contributed by atoms with Gasteiger partial charge in [0.1, 0.15) is 11.9 Å². The van der Waals surface area contributed by atoms with Gasteiger partial charge in [0.2, 0.25) is 5.91 Å². The minimum atomic E-state index is -0.713. The molecule has 0 unspecified atom stereocenters. The fourth-order valence-corrected chi connectivity index (χ4v) is 1.64. The molecule has 94 valence electrons. The molecule has 2 rings (SSSR count). The number of carbonyl (C=O) groups is 1. The highest BCUT2D eigenvalue weighted by atomic mass is 19.1. The first-order valence-electron chi connectivity index (χ1n) is 5.36. The summed E-state index contributed by atoms with van der Waals surface area (Å²) in [6.45, 7) is 0. The third kappa shape index (κ3) is 2.65. The minimum absolute atomic E-state index is 0.358. The molecule has 0 saturated heterocycles. The quantitative estimate of drug-likeness (QED) is 0.853. The van der Waals surface area contributed by atoms with Crippen molar-refractivity contribution in [2.24, 2.45) is 12.8 Å². The summed E-state index contributed by atoms with van der Waals surface area (Å²) in [5.41, 5.74) is 6.62. The summed E-state index contributed by atoms with van der Waals surface area (Å²) in [4.78, 5) is 11.4. The molecule has 1 atom stereocenters. The second-order valence-corrected chi connectivity index (χ2v) is 3.93. The number of aryl methyl sites for hydroxylation is 1. The molecule has 1 aromatic heterocycles. The highest BCUT2D eigenvalue weighted by Gasteiger charge is 2.18. The average molecular weight is 248 g/mol. The van der Waals surface area contributed by atoms with Gasteiger partial charge < -0.3 is 11.1 Å². The molecule has 0 aliphatic heterocycles. The number of benzene rings is 1. The number of aromatic nitrogens is 2. The Bertz CT molecular complexity index is 549. The molecule has 0 aliphatic rings. The topological polar surface area (TPSA) is 72.9 Å². The third-order valence-electron chi connectivity index (χ3n) is 2.50. The molecule has 5 nitrogen and oxygen atoms in total. The van der Waals surface area contributed by atoms with Crippen molar-refractivity contribution in [1.82, 2.24) is 9.78 Å². The molecule has 0 saturated carbocycles. The Morgan fingerprint density at radius 1 is 1.44 bits per heavy atom. The van der Waals surface area contributed by atoms with E-state index in [0.717, 1.165) is 0 Å². The van der Waals surface area contributed by atoms with Gasteiger partial charge in [-0.25, -0.2) is 4.39 Å². The van der Waals surface area contributed by atoms with Crippen molar-refractivity contribution in [3.8, 4) is 0 Å². The lowest BCUT2D eigenvalue weighted by Gasteiger charge is -2.15. The molecular formula is C12H13FN4O. The number of amides is 1. The van der Waals surface area contributed by atoms with Crippen LogP contribution in [0.1, 0.15) is 11.6 Å². The number of halogens is 1. The van der Waals surface area contributed by atoms with Crippen molar-refractivity contribution in [1.29, 1.82) is 0 Å². The first-order valence-corrected chi connectivity index (χ1v) is 5.36. The largest absolute Gasteiger partial charge is 0.368 e. The van der Waals surface area contributed by atoms with E-state index in [4.69, 9.17) is 5.73 Å². The number of nitrogens with one attached hydrogen (secondary N) is 1. The zero-order valence-electron chi connectivity index (χ0n) is 9.80. The fourth-order valence-electron chi connectivity index (χ4n) is 1.64. The second-order valence-electron chi connectivity index (χ2n) is 3.93. The van der Waals surface area contributed by atoms with E-state index in [1.165, 1.54) is 24.3 Å². The van der Waals surface area contributed by atoms with Crippen LogP contribution in [0.3, 0.4) is 0 Å². The van der Waals surface area contributed by atoms with Gasteiger partial charge in [0.05, 0.1) is 11.9 Å². The first-order chi connectivity index (χ1) is 8.56. The van der Waals surface area contributed by atoms with E-state index in [0.29, 0.717) is 11.3 Å². The van der Waals surface area contributed by atoms with Crippen LogP contribution in [-0.2, 0) is 11.8 Å². The van der Waals surface area contributed by atoms with Crippen LogP contribution < -0.4 is 11.1 Å². The summed E-state index contributed by atoms with van der Waals surface area (Å²) in [5, 5.41) is 6.93. The first kappa shape index (κ1) is 12.1. The number of anilines is 1. The lowest BCUT2D eigenvalue weighted by molar-refractivity contribution is -0.118. The number of nitrogens with two attached hydrogens (primary N) is 1. The molecule has 1 aromatic carbocycles. The molecule has 0 aliphatic carbocycles. The van der Waals surface area contributed by atoms with Gasteiger partial charge >= 0.3 is 0 Å². The van der Waals surface area contributed by atoms with E-state index in [1.807, 2.05) is 0 Å². The summed E-state index contributed by atoms with van der Waals surface area (Å²) in [7, 11) is 1.77. The Morgan fingerprint density at radius 3 is 2.61 bits per heavy atom. The molecule has 0 bridgehead atoms. The van der Waals surface area contributed by atoms with E-state index in [-0.39, 0.29) is 5.82 Å². The zero-order chi connectivity index (χ0) is 13.1. The third-order valence-corrected chi connectivity index (χ3v) is 2.50. The van der Waals surface area contributed by atoms with Crippen molar-refractivity contribution >= 4 is 11.6 Å². The Labute approximate surface area is 103 Å². The molecular weight excluding hydrogens is 235 g/mol. The summed E-state index contributed by atoms with van der Waals surface area (Å²) in [6.07, 6.45) is 3.30. The summed E-state index contributed by atoms with van der Waals surface area (Å²) in [6, 6.07) is 4.91. The highest BCUT2D eigenvalue weighted by Crippen LogP contribution is 2.19. The zero-order valence-corrected chi connectivity index (χ0v) is 9.80. The maximum absolute atomic E-state index is 12.8. The van der Waals surface area contributed by atoms with E-state index in [9.17, 15) is 9.18 Å². The molecule has 3 N–H and O–H groups in total. The molecule has 0 spiro atoms. The smallest absolute Gasteiger partial charge is 0.244 e. The maximum Gasteiger partial charge on any atom is 0.244 e. The van der Waals surface area contributed by atoms with Crippen molar-refractivity contribution in [3.05, 3.63) is 48.0 Å². The number of nitrogens with zero attached hydrogens (tertiary/aromatic N) is 2. The van der Waals surface area contributed by atoms with Crippen molar-refractivity contribution in [3.63, 3.8) is 0 Å². The summed E-state index contributed by atoms with van der Waals surface area (Å²) < 4.78 is 14.4. The van der Waals surface area contributed by atoms with Gasteiger partial charge in [-0.3, -0.25) is 9.48 Å². The molecule has 2 aromatic rings. The monoisotopic (exact) mass is 248 g/mol. The van der Waals surface area contributed by atoms with Crippen LogP contribution in [0.2, 0.25) is 0 Å². The van der Waals surface area contributed by atoms with Gasteiger partial charge in [-0.05, 0) is 17.7 Å². The summed E-state index contributed by atoms with van der Waals surface area (Å²) in [5.74, 6) is -0.895. The van der Waals surface area contributed by atoms with E-state index in [1.54, 1.807) is 24.1 Å². The number of hydrogen-bond donors (Lipinski definition) is 2. The lowest BCUT2D eigenvalue weighted by Crippen LogP contribution is -2.27. The maximum atomic E-state index is 12.8. The van der Waals surface area contributed by atoms with Crippen LogP contribution in [-0.4, -0.2) is 15.7 Å². The van der Waals surface area contributed by atoms with Gasteiger partial charge in [-0.2, -0.15) is 5.10 Å². The number of hydrogen-bond acceptors (Lipinski definition) is 3. The average Bonchev–Trinajstić information content (AvgIpc) is 2.73. The predicted octanol–water partition coefficient (Wildman–Crippen LogP) is 1.20. The molecule has 1 amide bonds. The number of rotatable bonds is 4. The van der Waals surface area contributed by atoms with Crippen LogP contribution in [0, 0.1) is 5.82 Å². The Balaban J connectivity index is 2.23. The fraction of sp³-hybridized carbons (Fsp3) is 0.167. The second kappa shape index (κ2) is 4.87. The van der Waals surface area contributed by atoms with Gasteiger partial charge in [0.15, 0.2) is 0 Å². The minimum Gasteiger partial charge on any atom is -0.368 e. The molecule has 0 fully saturated rings. The Kier molecular flexibility index (Phi) is 3.27. The Hall–Kier alpha value is -2.37. The van der Waals surface area contributed by atoms with Gasteiger partial charge in [-0.1, -0.05) is 12.1 Å². The standard InChI is InChI=1S/C12H13FN4O/c1-17-7-10(6-15-17)16-11(12(14)18)8-2-4-9(13)5-3-8/h2-7,11,16H,1H3,(H2,14,18)/t11-/m1/s1. The number of primary amides is 1. The van der Waals surface area contributed by atoms with E-state index >= 15 is 0 Å². The van der Waals surface area contributed by atoms with Crippen molar-refractivity contribution < 1.29 is 9.18 Å². The Morgan fingerprint density at radius 2 is 2.11 bits per heavy atom. The van der Waals surface area contributed by atoms with E-state index < -0.39 is 11.9 Å². The van der Waals surface area contributed by atoms with Crippen LogP contribution in [0.15, 0.2) is 36.7 Å². The van der Waals surface area contributed by atoms with Gasteiger partial charge in [0, 0.05) is 13.2 Å². The SMILES string of the molecule is Cn1cc(N[C@@H](C(N)=O)c2ccc(F)cc2)cn1. The number of carbonyl (C=O) groups excluding carboxylic acids is 1. The lowest BCUT2D eigenvalue weighted by atomic mass is 10.1. The van der Waals surface area contributed by atoms with Gasteiger partial charge in [0.25, 0.3) is 0 Å². The molecule has 0 radical (unpaired) electrons. The van der Waals surface area contributed by atoms with Crippen molar-refractivity contribution in [2.75, 3.05) is 5.32 Å². The molecule has 6 heteroatoms. The van der Waals surface area contributed by atoms with Crippen LogP contribution in [0.25, 0.3) is 0 Å². The van der Waals surface area contributed by atoms with Crippen molar-refractivity contribution in [2.45, 2.75) is 6.04 Å². The molecule has 1 heterocycles. The highest BCUT2D eigenvalue weighted by molar-refractivity contribution is 5.84. The van der Waals surface area contributed by atoms with E-state index in [2.05, 4.69) is 10.4 Å². The van der Waals surface area contributed by atoms with Crippen LogP contribution >= 0.6 is 0 Å². The van der Waals surface area contributed by atoms with Gasteiger partial charge in [-0.15, -0.1) is 0 Å². The summed E-state index contributed by atoms with van der Waals surface area (Å²) >= 11 is 0. The molecule has 18 heavy (non-hydrogen) atoms. The predicted molar refractivity (Wildman–Crippen MR) is 65.2 cm³/mol. The normalized spacial score (nSPS) is 12.1. The van der Waals surface area contributed by atoms with Crippen LogP contribution in [0.5, 0.6) is 0 Å². The van der Waals surface area contributed by atoms with Crippen LogP contribution in [0.4, 0.5) is 10.1 Å².